The van der Waals surface area contributed by atoms with Gasteiger partial charge in [-0.3, -0.25) is 0 Å². The zero-order chi connectivity index (χ0) is 25.0. The number of benzene rings is 4. The molecule has 1 atom stereocenters. The first-order chi connectivity index (χ1) is 17.4. The number of carbonyl (C=O) groups excluding carboxylic acids is 1. The minimum atomic E-state index is -1.11. The Morgan fingerprint density at radius 3 is 2.50 bits per heavy atom. The van der Waals surface area contributed by atoms with E-state index < -0.39 is 5.60 Å². The fraction of sp³-hybridized carbons (Fsp3) is 0.194. The van der Waals surface area contributed by atoms with Crippen molar-refractivity contribution >= 4 is 23.0 Å². The van der Waals surface area contributed by atoms with Crippen molar-refractivity contribution in [3.8, 4) is 11.5 Å². The fourth-order valence-corrected chi connectivity index (χ4v) is 5.57. The van der Waals surface area contributed by atoms with Crippen LogP contribution in [0.25, 0.3) is 0 Å². The number of nitrogen functional groups attached to an aromatic ring is 1. The number of fused-ring (bicyclic) bond motifs is 6. The molecule has 1 unspecified atom stereocenters. The number of esters is 1. The summed E-state index contributed by atoms with van der Waals surface area (Å²) in [7, 11) is 0. The van der Waals surface area contributed by atoms with E-state index in [9.17, 15) is 4.79 Å². The standard InChI is InChI=1S/C31H28N2O3/c1-4-15-33(27-13-9-19(2)16-20(27)3)22-11-12-25-29(18-22)35-28-14-10-21(32)17-26(28)31(25)24-8-6-5-7-23(24)30(34)36-31/h5-14,16-18H,4,15,32H2,1-3H3. The lowest BCUT2D eigenvalue weighted by atomic mass is 9.77. The van der Waals surface area contributed by atoms with Crippen molar-refractivity contribution in [1.29, 1.82) is 0 Å². The first kappa shape index (κ1) is 22.2. The van der Waals surface area contributed by atoms with Gasteiger partial charge < -0.3 is 20.1 Å². The molecule has 1 spiro atoms. The minimum absolute atomic E-state index is 0.348. The predicted octanol–water partition coefficient (Wildman–Crippen LogP) is 7.00. The molecule has 180 valence electrons. The van der Waals surface area contributed by atoms with Crippen LogP contribution in [0.15, 0.2) is 78.9 Å². The number of ether oxygens (including phenoxy) is 2. The molecule has 6 rings (SSSR count). The van der Waals surface area contributed by atoms with E-state index in [2.05, 4.69) is 56.0 Å². The van der Waals surface area contributed by atoms with Gasteiger partial charge in [0.1, 0.15) is 11.5 Å². The van der Waals surface area contributed by atoms with E-state index in [1.165, 1.54) is 16.8 Å². The molecule has 0 fully saturated rings. The maximum Gasteiger partial charge on any atom is 0.340 e. The largest absolute Gasteiger partial charge is 0.456 e. The number of rotatable bonds is 4. The summed E-state index contributed by atoms with van der Waals surface area (Å²) in [6.07, 6.45) is 0.988. The number of aryl methyl sites for hydroxylation is 2. The summed E-state index contributed by atoms with van der Waals surface area (Å²) in [6, 6.07) is 25.8. The minimum Gasteiger partial charge on any atom is -0.456 e. The lowest BCUT2D eigenvalue weighted by Crippen LogP contribution is -2.33. The van der Waals surface area contributed by atoms with Crippen molar-refractivity contribution in [3.05, 3.63) is 112 Å². The Morgan fingerprint density at radius 2 is 1.69 bits per heavy atom. The average molecular weight is 477 g/mol. The molecule has 36 heavy (non-hydrogen) atoms. The third-order valence-electron chi connectivity index (χ3n) is 7.12. The molecule has 0 saturated heterocycles. The van der Waals surface area contributed by atoms with Crippen LogP contribution in [0.3, 0.4) is 0 Å². The number of nitrogens with zero attached hydrogens (tertiary/aromatic N) is 1. The van der Waals surface area contributed by atoms with Crippen molar-refractivity contribution in [1.82, 2.24) is 0 Å². The Labute approximate surface area is 211 Å². The molecular formula is C31H28N2O3. The van der Waals surface area contributed by atoms with Gasteiger partial charge in [0.2, 0.25) is 0 Å². The van der Waals surface area contributed by atoms with Gasteiger partial charge in [-0.1, -0.05) is 42.8 Å². The third-order valence-corrected chi connectivity index (χ3v) is 7.12. The van der Waals surface area contributed by atoms with Crippen LogP contribution < -0.4 is 15.4 Å². The van der Waals surface area contributed by atoms with Crippen LogP contribution in [0.5, 0.6) is 11.5 Å². The van der Waals surface area contributed by atoms with Gasteiger partial charge in [-0.2, -0.15) is 0 Å². The van der Waals surface area contributed by atoms with Gasteiger partial charge in [-0.25, -0.2) is 4.79 Å². The quantitative estimate of drug-likeness (QED) is 0.254. The molecule has 5 nitrogen and oxygen atoms in total. The molecular weight excluding hydrogens is 448 g/mol. The van der Waals surface area contributed by atoms with E-state index in [0.717, 1.165) is 35.3 Å². The van der Waals surface area contributed by atoms with Crippen LogP contribution in [-0.2, 0) is 10.3 Å². The predicted molar refractivity (Wildman–Crippen MR) is 142 cm³/mol. The summed E-state index contributed by atoms with van der Waals surface area (Å²) < 4.78 is 12.7. The number of nitrogens with two attached hydrogens (primary N) is 1. The van der Waals surface area contributed by atoms with Gasteiger partial charge in [-0.05, 0) is 68.3 Å². The molecule has 2 heterocycles. The average Bonchev–Trinajstić information content (AvgIpc) is 3.16. The molecule has 0 radical (unpaired) electrons. The topological polar surface area (TPSA) is 64.8 Å². The maximum atomic E-state index is 13.1. The fourth-order valence-electron chi connectivity index (χ4n) is 5.57. The summed E-state index contributed by atoms with van der Waals surface area (Å²) in [5.74, 6) is 0.950. The number of hydrogen-bond acceptors (Lipinski definition) is 5. The summed E-state index contributed by atoms with van der Waals surface area (Å²) in [4.78, 5) is 15.4. The molecule has 0 bridgehead atoms. The summed E-state index contributed by atoms with van der Waals surface area (Å²) in [6.45, 7) is 7.29. The van der Waals surface area contributed by atoms with E-state index in [1.54, 1.807) is 0 Å². The van der Waals surface area contributed by atoms with Crippen LogP contribution in [0.4, 0.5) is 17.1 Å². The van der Waals surface area contributed by atoms with Crippen LogP contribution in [0.1, 0.15) is 51.5 Å². The van der Waals surface area contributed by atoms with Gasteiger partial charge in [0, 0.05) is 46.4 Å². The molecule has 0 saturated carbocycles. The molecule has 0 aliphatic carbocycles. The molecule has 4 aromatic rings. The lowest BCUT2D eigenvalue weighted by Gasteiger charge is -2.37. The first-order valence-electron chi connectivity index (χ1n) is 12.3. The lowest BCUT2D eigenvalue weighted by molar-refractivity contribution is 0.0224. The summed E-state index contributed by atoms with van der Waals surface area (Å²) in [5.41, 5.74) is 13.2. The van der Waals surface area contributed by atoms with Crippen molar-refractivity contribution in [3.63, 3.8) is 0 Å². The second-order valence-electron chi connectivity index (χ2n) is 9.60. The maximum absolute atomic E-state index is 13.1. The van der Waals surface area contributed by atoms with Crippen LogP contribution in [-0.4, -0.2) is 12.5 Å². The Hall–Kier alpha value is -4.25. The van der Waals surface area contributed by atoms with E-state index >= 15 is 0 Å². The monoisotopic (exact) mass is 476 g/mol. The van der Waals surface area contributed by atoms with Gasteiger partial charge in [0.15, 0.2) is 5.60 Å². The summed E-state index contributed by atoms with van der Waals surface area (Å²) >= 11 is 0. The molecule has 2 aliphatic rings. The first-order valence-corrected chi connectivity index (χ1v) is 12.3. The highest BCUT2D eigenvalue weighted by Crippen LogP contribution is 2.57. The van der Waals surface area contributed by atoms with Gasteiger partial charge in [0.25, 0.3) is 0 Å². The van der Waals surface area contributed by atoms with Gasteiger partial charge >= 0.3 is 5.97 Å². The van der Waals surface area contributed by atoms with Crippen LogP contribution >= 0.6 is 0 Å². The molecule has 2 aliphatic heterocycles. The Morgan fingerprint density at radius 1 is 0.861 bits per heavy atom. The van der Waals surface area contributed by atoms with E-state index in [4.69, 9.17) is 15.2 Å². The van der Waals surface area contributed by atoms with Crippen LogP contribution in [0, 0.1) is 13.8 Å². The van der Waals surface area contributed by atoms with Crippen molar-refractivity contribution in [2.24, 2.45) is 0 Å². The molecule has 4 aromatic carbocycles. The highest BCUT2D eigenvalue weighted by Gasteiger charge is 2.53. The van der Waals surface area contributed by atoms with Crippen molar-refractivity contribution in [2.75, 3.05) is 17.2 Å². The number of carbonyl (C=O) groups is 1. The van der Waals surface area contributed by atoms with E-state index in [-0.39, 0.29) is 5.97 Å². The highest BCUT2D eigenvalue weighted by atomic mass is 16.6. The number of anilines is 3. The zero-order valence-corrected chi connectivity index (χ0v) is 20.7. The van der Waals surface area contributed by atoms with Crippen molar-refractivity contribution < 1.29 is 14.3 Å². The third kappa shape index (κ3) is 3.19. The van der Waals surface area contributed by atoms with E-state index in [1.807, 2.05) is 48.5 Å². The van der Waals surface area contributed by atoms with Crippen molar-refractivity contribution in [2.45, 2.75) is 32.8 Å². The zero-order valence-electron chi connectivity index (χ0n) is 20.7. The number of hydrogen-bond donors (Lipinski definition) is 1. The second kappa shape index (κ2) is 8.16. The Kier molecular flexibility index (Phi) is 5.04. The van der Waals surface area contributed by atoms with Crippen LogP contribution in [0.2, 0.25) is 0 Å². The van der Waals surface area contributed by atoms with Gasteiger partial charge in [0.05, 0.1) is 5.56 Å². The Bertz CT molecular complexity index is 1530. The second-order valence-corrected chi connectivity index (χ2v) is 9.60. The Balaban J connectivity index is 1.56. The molecule has 5 heteroatoms. The van der Waals surface area contributed by atoms with E-state index in [0.29, 0.717) is 22.7 Å². The SMILES string of the molecule is CCCN(c1ccc2c(c1)Oc1ccc(N)cc1C21OC(=O)c2ccccc21)c1ccc(C)cc1C. The smallest absolute Gasteiger partial charge is 0.340 e. The molecule has 0 amide bonds. The van der Waals surface area contributed by atoms with Gasteiger partial charge in [-0.15, -0.1) is 0 Å². The summed E-state index contributed by atoms with van der Waals surface area (Å²) in [5, 5.41) is 0. The molecule has 2 N–H and O–H groups in total. The highest BCUT2D eigenvalue weighted by molar-refractivity contribution is 5.97. The molecule has 0 aromatic heterocycles. The normalized spacial score (nSPS) is 17.1.